The number of amides is 1. The summed E-state index contributed by atoms with van der Waals surface area (Å²) >= 11 is 0. The lowest BCUT2D eigenvalue weighted by Crippen LogP contribution is -2.33. The third-order valence-electron chi connectivity index (χ3n) is 3.53. The predicted molar refractivity (Wildman–Crippen MR) is 88.3 cm³/mol. The molecule has 0 aromatic heterocycles. The number of nitrogens with zero attached hydrogens (tertiary/aromatic N) is 1. The van der Waals surface area contributed by atoms with E-state index < -0.39 is 10.0 Å². The van der Waals surface area contributed by atoms with Crippen LogP contribution in [0.25, 0.3) is 0 Å². The molecule has 0 spiro atoms. The van der Waals surface area contributed by atoms with E-state index in [4.69, 9.17) is 0 Å². The Labute approximate surface area is 133 Å². The van der Waals surface area contributed by atoms with E-state index >= 15 is 0 Å². The van der Waals surface area contributed by atoms with Gasteiger partial charge in [0, 0.05) is 25.2 Å². The molecule has 0 bridgehead atoms. The van der Waals surface area contributed by atoms with Crippen molar-refractivity contribution in [1.29, 1.82) is 0 Å². The molecule has 0 aliphatic carbocycles. The summed E-state index contributed by atoms with van der Waals surface area (Å²) in [7, 11) is -1.96. The van der Waals surface area contributed by atoms with Crippen LogP contribution in [-0.2, 0) is 10.0 Å². The molecule has 0 fully saturated rings. The number of hydrogen-bond acceptors (Lipinski definition) is 3. The Morgan fingerprint density at radius 2 is 1.68 bits per heavy atom. The summed E-state index contributed by atoms with van der Waals surface area (Å²) < 4.78 is 26.0. The summed E-state index contributed by atoms with van der Waals surface area (Å²) in [6.45, 7) is 8.43. The Kier molecular flexibility index (Phi) is 6.56. The number of rotatable bonds is 7. The average Bonchev–Trinajstić information content (AvgIpc) is 2.45. The molecule has 1 aromatic rings. The summed E-state index contributed by atoms with van der Waals surface area (Å²) in [6.07, 6.45) is 0.914. The van der Waals surface area contributed by atoms with Gasteiger partial charge in [0.2, 0.25) is 10.0 Å². The number of sulfonamides is 1. The van der Waals surface area contributed by atoms with Crippen LogP contribution in [-0.4, -0.2) is 38.3 Å². The van der Waals surface area contributed by atoms with E-state index in [1.807, 2.05) is 13.8 Å². The second-order valence-electron chi connectivity index (χ2n) is 6.08. The van der Waals surface area contributed by atoms with Crippen LogP contribution in [0.15, 0.2) is 29.2 Å². The van der Waals surface area contributed by atoms with E-state index in [9.17, 15) is 13.2 Å². The molecule has 1 N–H and O–H groups in total. The SMILES string of the molecule is CC(C)CCNC(=O)c1ccc(S(=O)(=O)N(C)C(C)C)cc1. The quantitative estimate of drug-likeness (QED) is 0.837. The lowest BCUT2D eigenvalue weighted by Gasteiger charge is -2.21. The van der Waals surface area contributed by atoms with Gasteiger partial charge in [-0.25, -0.2) is 8.42 Å². The first-order valence-corrected chi connectivity index (χ1v) is 8.96. The fourth-order valence-electron chi connectivity index (χ4n) is 1.80. The topological polar surface area (TPSA) is 66.5 Å². The molecular formula is C16H26N2O3S. The van der Waals surface area contributed by atoms with Crippen molar-refractivity contribution in [2.45, 2.75) is 45.1 Å². The van der Waals surface area contributed by atoms with E-state index in [1.165, 1.54) is 16.4 Å². The van der Waals surface area contributed by atoms with Crippen LogP contribution in [0.4, 0.5) is 0 Å². The van der Waals surface area contributed by atoms with Crippen molar-refractivity contribution < 1.29 is 13.2 Å². The first-order valence-electron chi connectivity index (χ1n) is 7.52. The molecule has 22 heavy (non-hydrogen) atoms. The van der Waals surface area contributed by atoms with Crippen LogP contribution >= 0.6 is 0 Å². The highest BCUT2D eigenvalue weighted by Gasteiger charge is 2.23. The zero-order valence-electron chi connectivity index (χ0n) is 14.0. The molecule has 5 nitrogen and oxygen atoms in total. The summed E-state index contributed by atoms with van der Waals surface area (Å²) in [5.74, 6) is 0.348. The average molecular weight is 326 g/mol. The van der Waals surface area contributed by atoms with Gasteiger partial charge in [-0.15, -0.1) is 0 Å². The van der Waals surface area contributed by atoms with E-state index in [1.54, 1.807) is 19.2 Å². The molecule has 0 aliphatic rings. The van der Waals surface area contributed by atoms with Crippen LogP contribution < -0.4 is 5.32 Å². The minimum atomic E-state index is -3.51. The minimum absolute atomic E-state index is 0.121. The molecule has 0 radical (unpaired) electrons. The summed E-state index contributed by atoms with van der Waals surface area (Å²) in [4.78, 5) is 12.2. The van der Waals surface area contributed by atoms with Crippen molar-refractivity contribution in [3.63, 3.8) is 0 Å². The van der Waals surface area contributed by atoms with E-state index in [-0.39, 0.29) is 16.8 Å². The zero-order valence-corrected chi connectivity index (χ0v) is 14.8. The highest BCUT2D eigenvalue weighted by molar-refractivity contribution is 7.89. The number of carbonyl (C=O) groups is 1. The fraction of sp³-hybridized carbons (Fsp3) is 0.562. The minimum Gasteiger partial charge on any atom is -0.352 e. The monoisotopic (exact) mass is 326 g/mol. The maximum Gasteiger partial charge on any atom is 0.251 e. The maximum atomic E-state index is 12.3. The summed E-state index contributed by atoms with van der Waals surface area (Å²) in [5.41, 5.74) is 0.468. The zero-order chi connectivity index (χ0) is 16.9. The molecule has 6 heteroatoms. The molecule has 124 valence electrons. The second kappa shape index (κ2) is 7.74. The maximum absolute atomic E-state index is 12.3. The van der Waals surface area contributed by atoms with Crippen molar-refractivity contribution in [3.8, 4) is 0 Å². The number of carbonyl (C=O) groups excluding carboxylic acids is 1. The first kappa shape index (κ1) is 18.6. The standard InChI is InChI=1S/C16H26N2O3S/c1-12(2)10-11-17-16(19)14-6-8-15(9-7-14)22(20,21)18(5)13(3)4/h6-9,12-13H,10-11H2,1-5H3,(H,17,19). The van der Waals surface area contributed by atoms with Crippen molar-refractivity contribution in [2.24, 2.45) is 5.92 Å². The lowest BCUT2D eigenvalue weighted by molar-refractivity contribution is 0.0952. The van der Waals surface area contributed by atoms with Gasteiger partial charge in [-0.3, -0.25) is 4.79 Å². The van der Waals surface area contributed by atoms with Crippen molar-refractivity contribution in [1.82, 2.24) is 9.62 Å². The summed E-state index contributed by atoms with van der Waals surface area (Å²) in [5, 5.41) is 2.83. The molecule has 0 heterocycles. The van der Waals surface area contributed by atoms with Gasteiger partial charge < -0.3 is 5.32 Å². The Hall–Kier alpha value is -1.40. The van der Waals surface area contributed by atoms with Gasteiger partial charge in [0.1, 0.15) is 0 Å². The Morgan fingerprint density at radius 1 is 1.14 bits per heavy atom. The van der Waals surface area contributed by atoms with Gasteiger partial charge in [-0.1, -0.05) is 13.8 Å². The third kappa shape index (κ3) is 4.81. The molecule has 0 unspecified atom stereocenters. The summed E-state index contributed by atoms with van der Waals surface area (Å²) in [6, 6.07) is 5.93. The molecule has 0 aliphatic heterocycles. The van der Waals surface area contributed by atoms with Gasteiger partial charge in [0.05, 0.1) is 4.90 Å². The number of benzene rings is 1. The molecule has 0 saturated heterocycles. The molecule has 0 saturated carbocycles. The molecular weight excluding hydrogens is 300 g/mol. The van der Waals surface area contributed by atoms with Gasteiger partial charge in [0.25, 0.3) is 5.91 Å². The normalized spacial score (nSPS) is 12.2. The van der Waals surface area contributed by atoms with Crippen LogP contribution in [0.1, 0.15) is 44.5 Å². The Balaban J connectivity index is 2.80. The lowest BCUT2D eigenvalue weighted by atomic mass is 10.1. The van der Waals surface area contributed by atoms with Gasteiger partial charge >= 0.3 is 0 Å². The second-order valence-corrected chi connectivity index (χ2v) is 8.08. The van der Waals surface area contributed by atoms with Crippen LogP contribution in [0, 0.1) is 5.92 Å². The molecule has 1 amide bonds. The van der Waals surface area contributed by atoms with Gasteiger partial charge in [0.15, 0.2) is 0 Å². The van der Waals surface area contributed by atoms with E-state index in [0.717, 1.165) is 6.42 Å². The van der Waals surface area contributed by atoms with Crippen molar-refractivity contribution in [3.05, 3.63) is 29.8 Å². The van der Waals surface area contributed by atoms with Gasteiger partial charge in [-0.05, 0) is 50.5 Å². The Morgan fingerprint density at radius 3 is 2.14 bits per heavy atom. The van der Waals surface area contributed by atoms with E-state index in [0.29, 0.717) is 18.0 Å². The number of hydrogen-bond donors (Lipinski definition) is 1. The fourth-order valence-corrected chi connectivity index (χ4v) is 3.17. The third-order valence-corrected chi connectivity index (χ3v) is 5.58. The van der Waals surface area contributed by atoms with Crippen molar-refractivity contribution in [2.75, 3.05) is 13.6 Å². The van der Waals surface area contributed by atoms with E-state index in [2.05, 4.69) is 19.2 Å². The van der Waals surface area contributed by atoms with Crippen molar-refractivity contribution >= 4 is 15.9 Å². The predicted octanol–water partition coefficient (Wildman–Crippen LogP) is 2.49. The van der Waals surface area contributed by atoms with Crippen LogP contribution in [0.5, 0.6) is 0 Å². The molecule has 1 aromatic carbocycles. The van der Waals surface area contributed by atoms with Crippen LogP contribution in [0.3, 0.4) is 0 Å². The van der Waals surface area contributed by atoms with Gasteiger partial charge in [-0.2, -0.15) is 4.31 Å². The molecule has 1 rings (SSSR count). The molecule has 0 atom stereocenters. The Bertz CT molecular complexity index is 592. The largest absolute Gasteiger partial charge is 0.352 e. The first-order chi connectivity index (χ1) is 10.2. The number of nitrogens with one attached hydrogen (secondary N) is 1. The highest BCUT2D eigenvalue weighted by atomic mass is 32.2. The highest BCUT2D eigenvalue weighted by Crippen LogP contribution is 2.17. The smallest absolute Gasteiger partial charge is 0.251 e. The van der Waals surface area contributed by atoms with Crippen LogP contribution in [0.2, 0.25) is 0 Å².